The zero-order valence-corrected chi connectivity index (χ0v) is 20.9. The number of para-hydroxylation sites is 1. The molecular weight excluding hydrogens is 456 g/mol. The smallest absolute Gasteiger partial charge is 0.253 e. The van der Waals surface area contributed by atoms with Crippen LogP contribution in [0.2, 0.25) is 0 Å². The number of hydrogen-bond donors (Lipinski definition) is 0. The molecule has 2 aromatic carbocycles. The third kappa shape index (κ3) is 4.52. The second-order valence-corrected chi connectivity index (χ2v) is 9.90. The van der Waals surface area contributed by atoms with E-state index in [4.69, 9.17) is 4.74 Å². The third-order valence-electron chi connectivity index (χ3n) is 7.83. The van der Waals surface area contributed by atoms with Crippen molar-refractivity contribution in [2.75, 3.05) is 51.4 Å². The fraction of sp³-hybridized carbons (Fsp3) is 0.464. The van der Waals surface area contributed by atoms with E-state index in [0.29, 0.717) is 43.9 Å². The number of anilines is 1. The molecule has 0 saturated carbocycles. The van der Waals surface area contributed by atoms with Gasteiger partial charge in [-0.2, -0.15) is 0 Å². The molecule has 2 aromatic rings. The summed E-state index contributed by atoms with van der Waals surface area (Å²) in [6.07, 6.45) is 4.26. The number of carbonyl (C=O) groups excluding carboxylic acids is 3. The van der Waals surface area contributed by atoms with E-state index in [1.54, 1.807) is 36.3 Å². The van der Waals surface area contributed by atoms with Gasteiger partial charge in [0.2, 0.25) is 5.91 Å². The molecule has 0 radical (unpaired) electrons. The predicted molar refractivity (Wildman–Crippen MR) is 137 cm³/mol. The maximum absolute atomic E-state index is 13.9. The Balaban J connectivity index is 1.33. The topological polar surface area (TPSA) is 73.4 Å². The van der Waals surface area contributed by atoms with E-state index >= 15 is 0 Å². The zero-order valence-electron chi connectivity index (χ0n) is 20.9. The van der Waals surface area contributed by atoms with Gasteiger partial charge in [-0.3, -0.25) is 14.4 Å². The standard InChI is InChI=1S/C28H34N4O4/c1-36-24-12-10-22(11-13-24)26(34)30-18-14-28(15-19-30)27(35)31(20-25(33)29-16-6-3-7-17-29)21-32(28)23-8-4-2-5-9-23/h2,4-5,8-13H,3,6-7,14-21H2,1H3. The number of methoxy groups -OCH3 is 1. The van der Waals surface area contributed by atoms with Gasteiger partial charge in [0, 0.05) is 37.4 Å². The van der Waals surface area contributed by atoms with Crippen molar-refractivity contribution in [1.29, 1.82) is 0 Å². The molecule has 3 amide bonds. The first kappa shape index (κ1) is 24.2. The largest absolute Gasteiger partial charge is 0.497 e. The summed E-state index contributed by atoms with van der Waals surface area (Å²) in [6.45, 7) is 3.00. The highest BCUT2D eigenvalue weighted by molar-refractivity contribution is 5.97. The van der Waals surface area contributed by atoms with Crippen LogP contribution in [0.25, 0.3) is 0 Å². The molecule has 0 N–H and O–H groups in total. The SMILES string of the molecule is COc1ccc(C(=O)N2CCC3(CC2)C(=O)N(CC(=O)N2CCCCC2)CN3c2ccccc2)cc1. The van der Waals surface area contributed by atoms with Gasteiger partial charge in [-0.25, -0.2) is 0 Å². The molecule has 8 nitrogen and oxygen atoms in total. The van der Waals surface area contributed by atoms with Crippen molar-refractivity contribution in [3.63, 3.8) is 0 Å². The minimum absolute atomic E-state index is 0.00624. The Morgan fingerprint density at radius 2 is 1.53 bits per heavy atom. The summed E-state index contributed by atoms with van der Waals surface area (Å²) in [5.41, 5.74) is 0.826. The monoisotopic (exact) mass is 490 g/mol. The van der Waals surface area contributed by atoms with Gasteiger partial charge in [-0.15, -0.1) is 0 Å². The molecule has 0 bridgehead atoms. The normalized spacial score (nSPS) is 19.6. The number of rotatable bonds is 5. The number of amides is 3. The van der Waals surface area contributed by atoms with Crippen LogP contribution in [0.15, 0.2) is 54.6 Å². The fourth-order valence-electron chi connectivity index (χ4n) is 5.72. The highest BCUT2D eigenvalue weighted by Gasteiger charge is 2.54. The summed E-state index contributed by atoms with van der Waals surface area (Å²) < 4.78 is 5.20. The lowest BCUT2D eigenvalue weighted by molar-refractivity contribution is -0.141. The second kappa shape index (κ2) is 10.2. The lowest BCUT2D eigenvalue weighted by atomic mass is 9.85. The molecule has 8 heteroatoms. The lowest BCUT2D eigenvalue weighted by Gasteiger charge is -2.43. The molecule has 36 heavy (non-hydrogen) atoms. The molecule has 0 atom stereocenters. The van der Waals surface area contributed by atoms with Gasteiger partial charge in [0.05, 0.1) is 13.8 Å². The zero-order chi connectivity index (χ0) is 25.1. The summed E-state index contributed by atoms with van der Waals surface area (Å²) in [4.78, 5) is 47.6. The predicted octanol–water partition coefficient (Wildman–Crippen LogP) is 2.99. The van der Waals surface area contributed by atoms with Gasteiger partial charge in [-0.05, 0) is 68.5 Å². The summed E-state index contributed by atoms with van der Waals surface area (Å²) in [6, 6.07) is 17.0. The van der Waals surface area contributed by atoms with Crippen LogP contribution in [0.4, 0.5) is 5.69 Å². The molecule has 3 heterocycles. The molecule has 0 aromatic heterocycles. The summed E-state index contributed by atoms with van der Waals surface area (Å²) >= 11 is 0. The first-order valence-electron chi connectivity index (χ1n) is 12.8. The second-order valence-electron chi connectivity index (χ2n) is 9.90. The van der Waals surface area contributed by atoms with Crippen molar-refractivity contribution < 1.29 is 19.1 Å². The van der Waals surface area contributed by atoms with Gasteiger partial charge in [0.25, 0.3) is 11.8 Å². The molecule has 3 fully saturated rings. The van der Waals surface area contributed by atoms with E-state index in [1.165, 1.54) is 0 Å². The number of carbonyl (C=O) groups is 3. The van der Waals surface area contributed by atoms with Crippen molar-refractivity contribution >= 4 is 23.4 Å². The molecule has 190 valence electrons. The first-order chi connectivity index (χ1) is 17.5. The maximum atomic E-state index is 13.9. The number of benzene rings is 2. The van der Waals surface area contributed by atoms with Crippen LogP contribution in [-0.4, -0.2) is 84.5 Å². The summed E-state index contributed by atoms with van der Waals surface area (Å²) in [7, 11) is 1.60. The molecule has 1 spiro atoms. The van der Waals surface area contributed by atoms with Crippen LogP contribution in [0.3, 0.4) is 0 Å². The molecule has 3 aliphatic heterocycles. The average molecular weight is 491 g/mol. The van der Waals surface area contributed by atoms with E-state index in [9.17, 15) is 14.4 Å². The molecule has 0 aliphatic carbocycles. The average Bonchev–Trinajstić information content (AvgIpc) is 3.20. The molecule has 3 saturated heterocycles. The van der Waals surface area contributed by atoms with Crippen LogP contribution < -0.4 is 9.64 Å². The quantitative estimate of drug-likeness (QED) is 0.644. The van der Waals surface area contributed by atoms with Crippen molar-refractivity contribution in [3.05, 3.63) is 60.2 Å². The summed E-state index contributed by atoms with van der Waals surface area (Å²) in [5.74, 6) is 0.688. The Kier molecular flexibility index (Phi) is 6.85. The summed E-state index contributed by atoms with van der Waals surface area (Å²) in [5, 5.41) is 0. The highest BCUT2D eigenvalue weighted by Crippen LogP contribution is 2.39. The van der Waals surface area contributed by atoms with E-state index in [1.807, 2.05) is 40.1 Å². The van der Waals surface area contributed by atoms with Crippen LogP contribution >= 0.6 is 0 Å². The number of nitrogens with zero attached hydrogens (tertiary/aromatic N) is 4. The van der Waals surface area contributed by atoms with Crippen molar-refractivity contribution in [2.24, 2.45) is 0 Å². The van der Waals surface area contributed by atoms with Crippen molar-refractivity contribution in [2.45, 2.75) is 37.6 Å². The van der Waals surface area contributed by atoms with Gasteiger partial charge in [0.15, 0.2) is 0 Å². The van der Waals surface area contributed by atoms with Gasteiger partial charge < -0.3 is 24.3 Å². The van der Waals surface area contributed by atoms with E-state index in [2.05, 4.69) is 4.90 Å². The Labute approximate surface area is 212 Å². The minimum atomic E-state index is -0.750. The Bertz CT molecular complexity index is 1090. The number of ether oxygens (including phenoxy) is 1. The van der Waals surface area contributed by atoms with Gasteiger partial charge in [-0.1, -0.05) is 18.2 Å². The van der Waals surface area contributed by atoms with Crippen LogP contribution in [-0.2, 0) is 9.59 Å². The van der Waals surface area contributed by atoms with Crippen LogP contribution in [0, 0.1) is 0 Å². The van der Waals surface area contributed by atoms with E-state index in [-0.39, 0.29) is 24.3 Å². The van der Waals surface area contributed by atoms with Crippen LogP contribution in [0.5, 0.6) is 5.75 Å². The van der Waals surface area contributed by atoms with E-state index < -0.39 is 5.54 Å². The third-order valence-corrected chi connectivity index (χ3v) is 7.83. The van der Waals surface area contributed by atoms with Crippen LogP contribution in [0.1, 0.15) is 42.5 Å². The van der Waals surface area contributed by atoms with Gasteiger partial charge >= 0.3 is 0 Å². The molecule has 0 unspecified atom stereocenters. The molecule has 5 rings (SSSR count). The molecule has 3 aliphatic rings. The Morgan fingerprint density at radius 1 is 0.861 bits per heavy atom. The molecular formula is C28H34N4O4. The number of piperidine rings is 2. The fourth-order valence-corrected chi connectivity index (χ4v) is 5.72. The maximum Gasteiger partial charge on any atom is 0.253 e. The van der Waals surface area contributed by atoms with Gasteiger partial charge in [0.1, 0.15) is 17.8 Å². The van der Waals surface area contributed by atoms with Crippen molar-refractivity contribution in [1.82, 2.24) is 14.7 Å². The number of likely N-dealkylation sites (tertiary alicyclic amines) is 2. The Morgan fingerprint density at radius 3 is 2.17 bits per heavy atom. The first-order valence-corrected chi connectivity index (χ1v) is 12.8. The lowest BCUT2D eigenvalue weighted by Crippen LogP contribution is -2.57. The van der Waals surface area contributed by atoms with Crippen molar-refractivity contribution in [3.8, 4) is 5.75 Å². The number of hydrogen-bond acceptors (Lipinski definition) is 5. The van der Waals surface area contributed by atoms with E-state index in [0.717, 1.165) is 38.0 Å². The minimum Gasteiger partial charge on any atom is -0.497 e. The Hall–Kier alpha value is -3.55. The highest BCUT2D eigenvalue weighted by atomic mass is 16.5.